The highest BCUT2D eigenvalue weighted by Gasteiger charge is 2.34. The second kappa shape index (κ2) is 15.4. The van der Waals surface area contributed by atoms with Crippen LogP contribution >= 0.6 is 0 Å². The van der Waals surface area contributed by atoms with E-state index in [2.05, 4.69) is 36.4 Å². The molecule has 0 fully saturated rings. The second-order valence-corrected chi connectivity index (χ2v) is 10.5. The van der Waals surface area contributed by atoms with Crippen LogP contribution in [-0.4, -0.2) is 47.0 Å². The van der Waals surface area contributed by atoms with E-state index in [1.54, 1.807) is 24.3 Å². The number of fused-ring (bicyclic) bond motifs is 1. The van der Waals surface area contributed by atoms with Crippen LogP contribution in [-0.2, 0) is 19.3 Å². The van der Waals surface area contributed by atoms with Gasteiger partial charge in [-0.3, -0.25) is 14.5 Å². The zero-order chi connectivity index (χ0) is 28.2. The first-order valence-electron chi connectivity index (χ1n) is 14.6. The monoisotopic (exact) mass is 541 g/mol. The Kier molecular flexibility index (Phi) is 11.4. The van der Waals surface area contributed by atoms with Gasteiger partial charge < -0.3 is 14.8 Å². The van der Waals surface area contributed by atoms with Crippen molar-refractivity contribution in [1.29, 1.82) is 0 Å². The standard InChI is InChI=1S/C33H40BNO5/c36-32-29-20-7-8-21-30(29)33(37)35(32)24-11-9-19-28-27(17-6-5-16-26-14-3-1-4-15-26)18-13-22-31(28)40-25-12-2-10-23-34(38)39/h1,3-4,7-8,13-15,18,20-22,38-39H,2,5-6,9-12,16-17,19,23-25H2. The number of amides is 2. The van der Waals surface area contributed by atoms with E-state index in [9.17, 15) is 9.59 Å². The highest BCUT2D eigenvalue weighted by molar-refractivity contribution is 6.40. The average molecular weight is 541 g/mol. The van der Waals surface area contributed by atoms with Crippen LogP contribution in [0.5, 0.6) is 5.75 Å². The highest BCUT2D eigenvalue weighted by Crippen LogP contribution is 2.28. The zero-order valence-electron chi connectivity index (χ0n) is 23.3. The third-order valence-electron chi connectivity index (χ3n) is 7.54. The minimum Gasteiger partial charge on any atom is -0.493 e. The fourth-order valence-corrected chi connectivity index (χ4v) is 5.36. The molecule has 0 radical (unpaired) electrons. The maximum atomic E-state index is 12.7. The Morgan fingerprint density at radius 3 is 2.05 bits per heavy atom. The maximum Gasteiger partial charge on any atom is 0.451 e. The van der Waals surface area contributed by atoms with E-state index >= 15 is 0 Å². The van der Waals surface area contributed by atoms with E-state index in [1.165, 1.54) is 21.6 Å². The van der Waals surface area contributed by atoms with Gasteiger partial charge in [-0.05, 0) is 92.6 Å². The molecule has 0 atom stereocenters. The molecule has 0 saturated heterocycles. The number of ether oxygens (including phenoxy) is 1. The number of rotatable bonds is 17. The maximum absolute atomic E-state index is 12.7. The molecule has 1 aliphatic heterocycles. The molecule has 1 heterocycles. The van der Waals surface area contributed by atoms with Gasteiger partial charge in [-0.25, -0.2) is 0 Å². The van der Waals surface area contributed by atoms with Gasteiger partial charge in [-0.2, -0.15) is 0 Å². The molecule has 210 valence electrons. The molecule has 1 aliphatic rings. The van der Waals surface area contributed by atoms with Gasteiger partial charge >= 0.3 is 7.12 Å². The minimum atomic E-state index is -1.24. The Balaban J connectivity index is 1.33. The molecule has 7 heteroatoms. The van der Waals surface area contributed by atoms with Crippen molar-refractivity contribution in [2.45, 2.75) is 70.5 Å². The van der Waals surface area contributed by atoms with Gasteiger partial charge in [-0.15, -0.1) is 0 Å². The van der Waals surface area contributed by atoms with Crippen molar-refractivity contribution in [2.24, 2.45) is 0 Å². The summed E-state index contributed by atoms with van der Waals surface area (Å²) in [7, 11) is -1.24. The van der Waals surface area contributed by atoms with Crippen molar-refractivity contribution < 1.29 is 24.4 Å². The van der Waals surface area contributed by atoms with E-state index in [0.717, 1.165) is 70.0 Å². The third-order valence-corrected chi connectivity index (χ3v) is 7.54. The smallest absolute Gasteiger partial charge is 0.451 e. The van der Waals surface area contributed by atoms with Gasteiger partial charge in [0, 0.05) is 6.54 Å². The molecule has 0 saturated carbocycles. The van der Waals surface area contributed by atoms with E-state index in [1.807, 2.05) is 12.1 Å². The summed E-state index contributed by atoms with van der Waals surface area (Å²) in [6.45, 7) is 1.000. The fourth-order valence-electron chi connectivity index (χ4n) is 5.36. The third kappa shape index (κ3) is 8.29. The van der Waals surface area contributed by atoms with Gasteiger partial charge in [0.05, 0.1) is 17.7 Å². The van der Waals surface area contributed by atoms with E-state index in [-0.39, 0.29) is 11.8 Å². The molecule has 2 amide bonds. The van der Waals surface area contributed by atoms with Gasteiger partial charge in [-0.1, -0.05) is 67.4 Å². The van der Waals surface area contributed by atoms with E-state index < -0.39 is 7.12 Å². The second-order valence-electron chi connectivity index (χ2n) is 10.5. The molecule has 3 aromatic carbocycles. The van der Waals surface area contributed by atoms with Crippen molar-refractivity contribution in [3.8, 4) is 5.75 Å². The van der Waals surface area contributed by atoms with E-state index in [0.29, 0.717) is 30.6 Å². The van der Waals surface area contributed by atoms with Gasteiger partial charge in [0.1, 0.15) is 5.75 Å². The van der Waals surface area contributed by atoms with Gasteiger partial charge in [0.15, 0.2) is 0 Å². The molecule has 0 bridgehead atoms. The van der Waals surface area contributed by atoms with Crippen LogP contribution in [0.15, 0.2) is 72.8 Å². The van der Waals surface area contributed by atoms with Crippen molar-refractivity contribution >= 4 is 18.9 Å². The first-order valence-corrected chi connectivity index (χ1v) is 14.6. The van der Waals surface area contributed by atoms with Gasteiger partial charge in [0.2, 0.25) is 0 Å². The van der Waals surface area contributed by atoms with E-state index in [4.69, 9.17) is 14.8 Å². The summed E-state index contributed by atoms with van der Waals surface area (Å²) in [4.78, 5) is 26.8. The summed E-state index contributed by atoms with van der Waals surface area (Å²) in [5, 5.41) is 18.1. The van der Waals surface area contributed by atoms with Crippen molar-refractivity contribution in [3.63, 3.8) is 0 Å². The Morgan fingerprint density at radius 1 is 0.650 bits per heavy atom. The summed E-state index contributed by atoms with van der Waals surface area (Å²) in [5.74, 6) is 0.512. The molecule has 4 rings (SSSR count). The number of unbranched alkanes of at least 4 members (excludes halogenated alkanes) is 4. The van der Waals surface area contributed by atoms with Crippen LogP contribution in [0, 0.1) is 0 Å². The molecule has 0 unspecified atom stereocenters. The molecule has 0 spiro atoms. The summed E-state index contributed by atoms with van der Waals surface area (Å²) < 4.78 is 6.22. The molecule has 3 aromatic rings. The van der Waals surface area contributed by atoms with Crippen LogP contribution < -0.4 is 4.74 Å². The Labute approximate surface area is 238 Å². The predicted molar refractivity (Wildman–Crippen MR) is 159 cm³/mol. The molecule has 0 aliphatic carbocycles. The molecular formula is C33H40BNO5. The number of carbonyl (C=O) groups excluding carboxylic acids is 2. The largest absolute Gasteiger partial charge is 0.493 e. The summed E-state index contributed by atoms with van der Waals surface area (Å²) in [6, 6.07) is 23.9. The number of aryl methyl sites for hydroxylation is 2. The zero-order valence-corrected chi connectivity index (χ0v) is 23.3. The van der Waals surface area contributed by atoms with Crippen molar-refractivity contribution in [1.82, 2.24) is 4.90 Å². The van der Waals surface area contributed by atoms with Crippen molar-refractivity contribution in [2.75, 3.05) is 13.2 Å². The summed E-state index contributed by atoms with van der Waals surface area (Å²) in [5.41, 5.74) is 4.88. The number of carbonyl (C=O) groups is 2. The topological polar surface area (TPSA) is 87.1 Å². The lowest BCUT2D eigenvalue weighted by molar-refractivity contribution is 0.0651. The Morgan fingerprint density at radius 2 is 1.32 bits per heavy atom. The number of hydrogen-bond donors (Lipinski definition) is 2. The number of hydrogen-bond acceptors (Lipinski definition) is 5. The highest BCUT2D eigenvalue weighted by atomic mass is 16.5. The van der Waals surface area contributed by atoms with Crippen molar-refractivity contribution in [3.05, 3.63) is 101 Å². The first-order chi connectivity index (χ1) is 19.5. The fraction of sp³-hybridized carbons (Fsp3) is 0.394. The van der Waals surface area contributed by atoms with Gasteiger partial charge in [0.25, 0.3) is 11.8 Å². The van der Waals surface area contributed by atoms with Crippen LogP contribution in [0.4, 0.5) is 0 Å². The summed E-state index contributed by atoms with van der Waals surface area (Å²) >= 11 is 0. The first kappa shape index (κ1) is 29.6. The average Bonchev–Trinajstić information content (AvgIpc) is 3.21. The predicted octanol–water partition coefficient (Wildman–Crippen LogP) is 5.89. The normalized spacial score (nSPS) is 12.6. The Hall–Kier alpha value is -3.42. The number of nitrogens with zero attached hydrogens (tertiary/aromatic N) is 1. The lowest BCUT2D eigenvalue weighted by atomic mass is 9.83. The van der Waals surface area contributed by atoms with Crippen LogP contribution in [0.1, 0.15) is 82.4 Å². The van der Waals surface area contributed by atoms with Crippen LogP contribution in [0.25, 0.3) is 0 Å². The molecule has 40 heavy (non-hydrogen) atoms. The lowest BCUT2D eigenvalue weighted by Crippen LogP contribution is -2.30. The minimum absolute atomic E-state index is 0.197. The molecule has 6 nitrogen and oxygen atoms in total. The van der Waals surface area contributed by atoms with Crippen LogP contribution in [0.2, 0.25) is 6.32 Å². The molecule has 2 N–H and O–H groups in total. The molecular weight excluding hydrogens is 501 g/mol. The molecule has 0 aromatic heterocycles. The summed E-state index contributed by atoms with van der Waals surface area (Å²) in [6.07, 6.45) is 9.53. The number of imide groups is 1. The number of benzene rings is 3. The quantitative estimate of drug-likeness (QED) is 0.126. The Bertz CT molecular complexity index is 1210. The SMILES string of the molecule is O=C1c2ccccc2C(=O)N1CCCCc1c(CCCCc2ccccc2)cccc1OCCCCCB(O)O. The lowest BCUT2D eigenvalue weighted by Gasteiger charge is -2.17. The van der Waals surface area contributed by atoms with Crippen LogP contribution in [0.3, 0.4) is 0 Å².